The zero-order valence-corrected chi connectivity index (χ0v) is 17.3. The number of anilines is 1. The Kier molecular flexibility index (Phi) is 6.86. The molecule has 0 radical (unpaired) electrons. The number of para-hydroxylation sites is 1. The van der Waals surface area contributed by atoms with Crippen LogP contribution in [-0.2, 0) is 11.4 Å². The molecule has 29 heavy (non-hydrogen) atoms. The van der Waals surface area contributed by atoms with Gasteiger partial charge in [-0.05, 0) is 31.2 Å². The number of amides is 1. The average molecular weight is 410 g/mol. The molecule has 1 aromatic heterocycles. The minimum atomic E-state index is -0.262. The van der Waals surface area contributed by atoms with Crippen molar-refractivity contribution in [1.82, 2.24) is 4.98 Å². The van der Waals surface area contributed by atoms with Gasteiger partial charge in [0, 0.05) is 28.8 Å². The van der Waals surface area contributed by atoms with Gasteiger partial charge in [0.25, 0.3) is 0 Å². The third kappa shape index (κ3) is 5.58. The predicted molar refractivity (Wildman–Crippen MR) is 115 cm³/mol. The molecule has 0 saturated heterocycles. The molecule has 0 unspecified atom stereocenters. The van der Waals surface area contributed by atoms with Crippen LogP contribution < -0.4 is 19.5 Å². The number of ether oxygens (including phenoxy) is 3. The number of hydrogen-bond donors (Lipinski definition) is 1. The van der Waals surface area contributed by atoms with E-state index in [1.165, 1.54) is 6.08 Å². The lowest BCUT2D eigenvalue weighted by molar-refractivity contribution is -0.111. The van der Waals surface area contributed by atoms with Gasteiger partial charge in [-0.25, -0.2) is 4.98 Å². The highest BCUT2D eigenvalue weighted by atomic mass is 32.1. The molecule has 7 heteroatoms. The third-order valence-electron chi connectivity index (χ3n) is 4.03. The molecule has 0 fully saturated rings. The summed E-state index contributed by atoms with van der Waals surface area (Å²) < 4.78 is 16.3. The molecule has 0 saturated carbocycles. The van der Waals surface area contributed by atoms with Crippen molar-refractivity contribution in [3.05, 3.63) is 70.2 Å². The van der Waals surface area contributed by atoms with Crippen LogP contribution in [-0.4, -0.2) is 25.1 Å². The van der Waals surface area contributed by atoms with E-state index < -0.39 is 0 Å². The molecule has 0 aliphatic heterocycles. The molecule has 0 bridgehead atoms. The van der Waals surface area contributed by atoms with E-state index in [1.54, 1.807) is 49.8 Å². The Morgan fingerprint density at radius 3 is 2.62 bits per heavy atom. The van der Waals surface area contributed by atoms with Gasteiger partial charge in [-0.15, -0.1) is 11.3 Å². The number of rotatable bonds is 8. The lowest BCUT2D eigenvalue weighted by Gasteiger charge is -2.10. The number of carbonyl (C=O) groups is 1. The van der Waals surface area contributed by atoms with Crippen LogP contribution in [0, 0.1) is 6.92 Å². The van der Waals surface area contributed by atoms with Crippen molar-refractivity contribution in [2.75, 3.05) is 19.5 Å². The van der Waals surface area contributed by atoms with E-state index in [0.717, 1.165) is 16.3 Å². The number of methoxy groups -OCH3 is 2. The van der Waals surface area contributed by atoms with E-state index in [4.69, 9.17) is 14.2 Å². The van der Waals surface area contributed by atoms with Gasteiger partial charge in [-0.1, -0.05) is 18.2 Å². The summed E-state index contributed by atoms with van der Waals surface area (Å²) in [4.78, 5) is 16.7. The SMILES string of the molecule is COc1ccc(NC(=O)/C=C/c2ccccc2OCc2csc(C)n2)cc1OC. The normalized spacial score (nSPS) is 10.7. The smallest absolute Gasteiger partial charge is 0.248 e. The molecule has 0 atom stereocenters. The molecule has 0 aliphatic carbocycles. The van der Waals surface area contributed by atoms with E-state index in [0.29, 0.717) is 29.5 Å². The van der Waals surface area contributed by atoms with Crippen LogP contribution >= 0.6 is 11.3 Å². The van der Waals surface area contributed by atoms with Gasteiger partial charge in [-0.2, -0.15) is 0 Å². The number of benzene rings is 2. The Morgan fingerprint density at radius 2 is 1.90 bits per heavy atom. The second-order valence-corrected chi connectivity index (χ2v) is 7.14. The Morgan fingerprint density at radius 1 is 1.10 bits per heavy atom. The Labute approximate surface area is 173 Å². The zero-order chi connectivity index (χ0) is 20.6. The van der Waals surface area contributed by atoms with Crippen molar-refractivity contribution in [1.29, 1.82) is 0 Å². The summed E-state index contributed by atoms with van der Waals surface area (Å²) in [5.74, 6) is 1.57. The van der Waals surface area contributed by atoms with Crippen LogP contribution in [0.15, 0.2) is 53.9 Å². The number of nitrogens with one attached hydrogen (secondary N) is 1. The molecule has 0 spiro atoms. The van der Waals surface area contributed by atoms with Gasteiger partial charge in [-0.3, -0.25) is 4.79 Å². The van der Waals surface area contributed by atoms with Crippen molar-refractivity contribution in [2.45, 2.75) is 13.5 Å². The fourth-order valence-corrected chi connectivity index (χ4v) is 3.24. The fraction of sp³-hybridized carbons (Fsp3) is 0.182. The van der Waals surface area contributed by atoms with Gasteiger partial charge in [0.15, 0.2) is 11.5 Å². The molecular formula is C22H22N2O4S. The lowest BCUT2D eigenvalue weighted by atomic mass is 10.2. The van der Waals surface area contributed by atoms with Crippen molar-refractivity contribution in [2.24, 2.45) is 0 Å². The summed E-state index contributed by atoms with van der Waals surface area (Å²) in [6.45, 7) is 2.34. The number of thiazole rings is 1. The first-order valence-electron chi connectivity index (χ1n) is 8.93. The number of hydrogen-bond acceptors (Lipinski definition) is 6. The van der Waals surface area contributed by atoms with E-state index in [9.17, 15) is 4.79 Å². The molecule has 2 aromatic carbocycles. The maximum absolute atomic E-state index is 12.3. The van der Waals surface area contributed by atoms with E-state index in [-0.39, 0.29) is 5.91 Å². The highest BCUT2D eigenvalue weighted by molar-refractivity contribution is 7.09. The molecule has 1 heterocycles. The van der Waals surface area contributed by atoms with Gasteiger partial charge in [0.2, 0.25) is 5.91 Å². The molecule has 3 aromatic rings. The summed E-state index contributed by atoms with van der Waals surface area (Å²) in [6.07, 6.45) is 3.18. The quantitative estimate of drug-likeness (QED) is 0.545. The second kappa shape index (κ2) is 9.75. The average Bonchev–Trinajstić information content (AvgIpc) is 3.16. The van der Waals surface area contributed by atoms with Crippen LogP contribution in [0.4, 0.5) is 5.69 Å². The number of carbonyl (C=O) groups excluding carboxylic acids is 1. The van der Waals surface area contributed by atoms with Crippen molar-refractivity contribution >= 4 is 29.0 Å². The van der Waals surface area contributed by atoms with E-state index in [1.807, 2.05) is 36.6 Å². The summed E-state index contributed by atoms with van der Waals surface area (Å²) in [6, 6.07) is 12.7. The summed E-state index contributed by atoms with van der Waals surface area (Å²) in [7, 11) is 3.11. The molecule has 1 amide bonds. The third-order valence-corrected chi connectivity index (χ3v) is 4.85. The first kappa shape index (κ1) is 20.4. The molecular weight excluding hydrogens is 388 g/mol. The molecule has 150 valence electrons. The molecule has 6 nitrogen and oxygen atoms in total. The largest absolute Gasteiger partial charge is 0.493 e. The first-order chi connectivity index (χ1) is 14.1. The lowest BCUT2D eigenvalue weighted by Crippen LogP contribution is -2.08. The Bertz CT molecular complexity index is 1010. The van der Waals surface area contributed by atoms with Crippen LogP contribution in [0.1, 0.15) is 16.3 Å². The van der Waals surface area contributed by atoms with E-state index >= 15 is 0 Å². The monoisotopic (exact) mass is 410 g/mol. The number of aromatic nitrogens is 1. The van der Waals surface area contributed by atoms with Crippen molar-refractivity contribution in [3.8, 4) is 17.2 Å². The van der Waals surface area contributed by atoms with Crippen molar-refractivity contribution in [3.63, 3.8) is 0 Å². The Balaban J connectivity index is 1.65. The van der Waals surface area contributed by atoms with Crippen LogP contribution in [0.25, 0.3) is 6.08 Å². The van der Waals surface area contributed by atoms with Crippen LogP contribution in [0.2, 0.25) is 0 Å². The highest BCUT2D eigenvalue weighted by Gasteiger charge is 2.07. The standard InChI is InChI=1S/C22H22N2O4S/c1-15-23-18(14-29-15)13-28-19-7-5-4-6-16(19)8-11-22(25)24-17-9-10-20(26-2)21(12-17)27-3/h4-12,14H,13H2,1-3H3,(H,24,25)/b11-8+. The van der Waals surface area contributed by atoms with Gasteiger partial charge < -0.3 is 19.5 Å². The molecule has 0 aliphatic rings. The fourth-order valence-electron chi connectivity index (χ4n) is 2.64. The minimum Gasteiger partial charge on any atom is -0.493 e. The first-order valence-corrected chi connectivity index (χ1v) is 9.81. The molecule has 3 rings (SSSR count). The zero-order valence-electron chi connectivity index (χ0n) is 16.5. The van der Waals surface area contributed by atoms with Gasteiger partial charge in [0.1, 0.15) is 12.4 Å². The Hall–Kier alpha value is -3.32. The number of nitrogens with zero attached hydrogens (tertiary/aromatic N) is 1. The summed E-state index contributed by atoms with van der Waals surface area (Å²) >= 11 is 1.59. The second-order valence-electron chi connectivity index (χ2n) is 6.08. The van der Waals surface area contributed by atoms with Gasteiger partial charge >= 0.3 is 0 Å². The molecule has 1 N–H and O–H groups in total. The van der Waals surface area contributed by atoms with Gasteiger partial charge in [0.05, 0.1) is 24.9 Å². The maximum atomic E-state index is 12.3. The number of aryl methyl sites for hydroxylation is 1. The summed E-state index contributed by atoms with van der Waals surface area (Å²) in [5, 5.41) is 5.79. The highest BCUT2D eigenvalue weighted by Crippen LogP contribution is 2.29. The van der Waals surface area contributed by atoms with Crippen LogP contribution in [0.5, 0.6) is 17.2 Å². The predicted octanol–water partition coefficient (Wildman–Crippen LogP) is 4.70. The van der Waals surface area contributed by atoms with E-state index in [2.05, 4.69) is 10.3 Å². The van der Waals surface area contributed by atoms with Crippen LogP contribution in [0.3, 0.4) is 0 Å². The summed E-state index contributed by atoms with van der Waals surface area (Å²) in [5.41, 5.74) is 2.31. The topological polar surface area (TPSA) is 69.7 Å². The minimum absolute atomic E-state index is 0.262. The maximum Gasteiger partial charge on any atom is 0.248 e. The van der Waals surface area contributed by atoms with Crippen molar-refractivity contribution < 1.29 is 19.0 Å².